The average Bonchev–Trinajstić information content (AvgIpc) is 2.27. The highest BCUT2D eigenvalue weighted by Gasteiger charge is 2.02. The van der Waals surface area contributed by atoms with Crippen LogP contribution in [0.15, 0.2) is 0 Å². The Morgan fingerprint density at radius 3 is 1.19 bits per heavy atom. The van der Waals surface area contributed by atoms with Crippen molar-refractivity contribution >= 4 is 12.2 Å². The summed E-state index contributed by atoms with van der Waals surface area (Å²) in [5, 5.41) is 10.8. The van der Waals surface area contributed by atoms with Gasteiger partial charge in [0.2, 0.25) is 12.2 Å². The molecule has 0 aromatic carbocycles. The highest BCUT2D eigenvalue weighted by Crippen LogP contribution is 2.16. The fraction of sp³-hybridized carbons (Fsp3) is 0.833. The van der Waals surface area contributed by atoms with E-state index in [0.29, 0.717) is 0 Å². The largest absolute Gasteiger partial charge is 0.231 e. The summed E-state index contributed by atoms with van der Waals surface area (Å²) < 4.78 is 0. The molecule has 4 heteroatoms. The van der Waals surface area contributed by atoms with Gasteiger partial charge in [-0.3, -0.25) is 0 Å². The molecule has 2 N–H and O–H groups in total. The van der Waals surface area contributed by atoms with E-state index in [4.69, 9.17) is 20.4 Å². The molecule has 0 rings (SSSR count). The monoisotopic (exact) mass is 228 g/mol. The summed E-state index contributed by atoms with van der Waals surface area (Å²) in [5.74, 6) is 1.88. The van der Waals surface area contributed by atoms with Crippen LogP contribution >= 0.6 is 0 Å². The molecule has 0 aromatic heterocycles. The van der Waals surface area contributed by atoms with Crippen LogP contribution in [0.2, 0.25) is 0 Å². The number of nitrogens with one attached hydrogen (secondary N) is 2. The van der Waals surface area contributed by atoms with Gasteiger partial charge >= 0.3 is 0 Å². The second-order valence-corrected chi connectivity index (χ2v) is 3.81. The van der Waals surface area contributed by atoms with Crippen LogP contribution in [0.25, 0.3) is 0 Å². The van der Waals surface area contributed by atoms with Crippen molar-refractivity contribution in [1.29, 1.82) is 10.8 Å². The second-order valence-electron chi connectivity index (χ2n) is 3.81. The zero-order chi connectivity index (χ0) is 13.4. The molecule has 0 aromatic rings. The third kappa shape index (κ3) is 29.3. The maximum absolute atomic E-state index is 8.35. The first-order valence-electron chi connectivity index (χ1n) is 5.61. The summed E-state index contributed by atoms with van der Waals surface area (Å²) >= 11 is 0. The van der Waals surface area contributed by atoms with Gasteiger partial charge in [-0.1, -0.05) is 53.4 Å². The van der Waals surface area contributed by atoms with Crippen molar-refractivity contribution in [2.45, 2.75) is 53.4 Å². The van der Waals surface area contributed by atoms with Gasteiger partial charge < -0.3 is 0 Å². The minimum atomic E-state index is 0.750. The van der Waals surface area contributed by atoms with Crippen LogP contribution in [0.5, 0.6) is 0 Å². The number of carbonyl (C=O) groups excluding carboxylic acids is 2. The number of hydrogen-bond acceptors (Lipinski definition) is 4. The number of hydrogen-bond donors (Lipinski definition) is 2. The van der Waals surface area contributed by atoms with Crippen LogP contribution < -0.4 is 0 Å². The molecule has 2 unspecified atom stereocenters. The summed E-state index contributed by atoms with van der Waals surface area (Å²) in [6, 6.07) is 0. The molecule has 16 heavy (non-hydrogen) atoms. The highest BCUT2D eigenvalue weighted by molar-refractivity contribution is 5.26. The van der Waals surface area contributed by atoms with E-state index < -0.39 is 0 Å². The molecular formula is C12H24N2O2. The summed E-state index contributed by atoms with van der Waals surface area (Å²) in [6.45, 7) is 9.26. The second kappa shape index (κ2) is 19.4. The first-order chi connectivity index (χ1) is 7.53. The first kappa shape index (κ1) is 20.2. The molecule has 0 saturated heterocycles. The van der Waals surface area contributed by atoms with Crippen molar-refractivity contribution in [1.82, 2.24) is 0 Å². The van der Waals surface area contributed by atoms with Crippen molar-refractivity contribution in [3.8, 4) is 0 Å². The maximum atomic E-state index is 8.35. The molecule has 0 bridgehead atoms. The fourth-order valence-corrected chi connectivity index (χ4v) is 0.977. The van der Waals surface area contributed by atoms with E-state index in [9.17, 15) is 0 Å². The minimum absolute atomic E-state index is 0.750. The lowest BCUT2D eigenvalue weighted by molar-refractivity contribution is 0.415. The van der Waals surface area contributed by atoms with Gasteiger partial charge in [0.1, 0.15) is 0 Å². The van der Waals surface area contributed by atoms with E-state index >= 15 is 0 Å². The van der Waals surface area contributed by atoms with Crippen molar-refractivity contribution < 1.29 is 9.59 Å². The Morgan fingerprint density at radius 1 is 0.875 bits per heavy atom. The first-order valence-corrected chi connectivity index (χ1v) is 5.61. The number of rotatable bonds is 5. The van der Waals surface area contributed by atoms with E-state index in [2.05, 4.69) is 27.7 Å². The summed E-state index contributed by atoms with van der Waals surface area (Å²) in [6.07, 6.45) is 7.03. The van der Waals surface area contributed by atoms with Gasteiger partial charge in [0.05, 0.1) is 0 Å². The van der Waals surface area contributed by atoms with Gasteiger partial charge in [0.25, 0.3) is 0 Å². The van der Waals surface area contributed by atoms with E-state index in [1.807, 2.05) is 0 Å². The summed E-state index contributed by atoms with van der Waals surface area (Å²) in [4.78, 5) is 16.7. The predicted octanol–water partition coefficient (Wildman–Crippen LogP) is 3.66. The molecule has 0 saturated carbocycles. The molecule has 0 fully saturated rings. The van der Waals surface area contributed by atoms with Crippen LogP contribution in [-0.4, -0.2) is 12.2 Å². The van der Waals surface area contributed by atoms with E-state index in [1.165, 1.54) is 25.7 Å². The van der Waals surface area contributed by atoms with Crippen LogP contribution in [0.1, 0.15) is 53.4 Å². The smallest absolute Gasteiger partial charge is 0.222 e. The van der Waals surface area contributed by atoms with E-state index in [-0.39, 0.29) is 0 Å². The van der Waals surface area contributed by atoms with Gasteiger partial charge in [0.15, 0.2) is 0 Å². The molecule has 0 amide bonds. The van der Waals surface area contributed by atoms with Crippen molar-refractivity contribution in [2.24, 2.45) is 11.8 Å². The molecule has 2 atom stereocenters. The molecule has 0 radical (unpaired) electrons. The fourth-order valence-electron chi connectivity index (χ4n) is 0.977. The summed E-state index contributed by atoms with van der Waals surface area (Å²) in [7, 11) is 0. The Morgan fingerprint density at radius 2 is 1.06 bits per heavy atom. The van der Waals surface area contributed by atoms with Gasteiger partial charge in [-0.25, -0.2) is 20.4 Å². The Kier molecular flexibility index (Phi) is 24.4. The number of isocyanates is 2. The third-order valence-electron chi connectivity index (χ3n) is 2.55. The molecule has 0 heterocycles. The minimum Gasteiger partial charge on any atom is -0.222 e. The lowest BCUT2D eigenvalue weighted by Crippen LogP contribution is -1.97. The van der Waals surface area contributed by atoms with E-state index in [1.54, 1.807) is 0 Å². The predicted molar refractivity (Wildman–Crippen MR) is 65.0 cm³/mol. The zero-order valence-corrected chi connectivity index (χ0v) is 10.8. The maximum Gasteiger partial charge on any atom is 0.231 e. The Labute approximate surface area is 98.5 Å². The molecule has 0 aliphatic carbocycles. The van der Waals surface area contributed by atoms with E-state index in [0.717, 1.165) is 24.0 Å². The standard InChI is InChI=1S/C10H22.2CHNO/c1-5-9(3)7-8-10(4)6-2;2*2-1-3/h9-10H,5-8H2,1-4H3;2*2H. The topological polar surface area (TPSA) is 81.8 Å². The molecule has 4 nitrogen and oxygen atoms in total. The lowest BCUT2D eigenvalue weighted by atomic mass is 9.95. The Hall–Kier alpha value is -1.24. The molecule has 0 aliphatic rings. The Balaban J connectivity index is -0.000000235. The average molecular weight is 228 g/mol. The molecule has 0 aliphatic heterocycles. The molecular weight excluding hydrogens is 204 g/mol. The normalized spacial score (nSPS) is 11.5. The van der Waals surface area contributed by atoms with Gasteiger partial charge in [-0.2, -0.15) is 0 Å². The van der Waals surface area contributed by atoms with Crippen LogP contribution in [0.4, 0.5) is 0 Å². The van der Waals surface area contributed by atoms with Gasteiger partial charge in [-0.15, -0.1) is 0 Å². The van der Waals surface area contributed by atoms with Crippen molar-refractivity contribution in [2.75, 3.05) is 0 Å². The molecule has 94 valence electrons. The SMILES string of the molecule is CCC(C)CCC(C)CC.N=C=O.N=C=O. The van der Waals surface area contributed by atoms with Crippen LogP contribution in [-0.2, 0) is 9.59 Å². The Bertz CT molecular complexity index is 171. The highest BCUT2D eigenvalue weighted by atomic mass is 16.1. The van der Waals surface area contributed by atoms with Crippen molar-refractivity contribution in [3.05, 3.63) is 0 Å². The van der Waals surface area contributed by atoms with Gasteiger partial charge in [0, 0.05) is 0 Å². The van der Waals surface area contributed by atoms with Crippen molar-refractivity contribution in [3.63, 3.8) is 0 Å². The lowest BCUT2D eigenvalue weighted by Gasteiger charge is -2.11. The van der Waals surface area contributed by atoms with Gasteiger partial charge in [-0.05, 0) is 11.8 Å². The van der Waals surface area contributed by atoms with Crippen LogP contribution in [0, 0.1) is 22.7 Å². The quantitative estimate of drug-likeness (QED) is 0.556. The zero-order valence-electron chi connectivity index (χ0n) is 10.8. The third-order valence-corrected chi connectivity index (χ3v) is 2.55. The molecule has 0 spiro atoms. The van der Waals surface area contributed by atoms with Crippen LogP contribution in [0.3, 0.4) is 0 Å². The summed E-state index contributed by atoms with van der Waals surface area (Å²) in [5.41, 5.74) is 0.